The molecule has 13 heavy (non-hydrogen) atoms. The van der Waals surface area contributed by atoms with Gasteiger partial charge >= 0.3 is 0 Å². The van der Waals surface area contributed by atoms with Crippen molar-refractivity contribution in [1.29, 1.82) is 0 Å². The van der Waals surface area contributed by atoms with E-state index in [9.17, 15) is 5.11 Å². The van der Waals surface area contributed by atoms with Gasteiger partial charge in [-0.05, 0) is 12.1 Å². The summed E-state index contributed by atoms with van der Waals surface area (Å²) in [7, 11) is 0. The van der Waals surface area contributed by atoms with Crippen LogP contribution in [0.1, 0.15) is 5.56 Å². The van der Waals surface area contributed by atoms with Crippen molar-refractivity contribution in [3.05, 3.63) is 33.3 Å². The Kier molecular flexibility index (Phi) is 2.36. The molecule has 1 heterocycles. The first-order valence-electron chi connectivity index (χ1n) is 4.01. The van der Waals surface area contributed by atoms with E-state index < -0.39 is 5.60 Å². The third-order valence-corrected chi connectivity index (χ3v) is 3.24. The highest BCUT2D eigenvalue weighted by Crippen LogP contribution is 2.36. The minimum absolute atomic E-state index is 0.565. The number of aliphatic hydroxyl groups is 1. The zero-order chi connectivity index (χ0) is 9.47. The summed E-state index contributed by atoms with van der Waals surface area (Å²) in [6, 6.07) is 5.53. The summed E-state index contributed by atoms with van der Waals surface area (Å²) in [5.41, 5.74) is -0.00704. The molecule has 0 saturated carbocycles. The lowest BCUT2D eigenvalue weighted by molar-refractivity contribution is -0.0152. The molecule has 0 spiro atoms. The van der Waals surface area contributed by atoms with Crippen molar-refractivity contribution in [2.75, 3.05) is 13.1 Å². The van der Waals surface area contributed by atoms with Gasteiger partial charge in [0.25, 0.3) is 0 Å². The Morgan fingerprint density at radius 3 is 2.62 bits per heavy atom. The second kappa shape index (κ2) is 3.24. The molecule has 0 aromatic heterocycles. The van der Waals surface area contributed by atoms with E-state index >= 15 is 0 Å². The van der Waals surface area contributed by atoms with Crippen LogP contribution in [0, 0.1) is 0 Å². The third-order valence-electron chi connectivity index (χ3n) is 2.26. The number of hydrogen-bond donors (Lipinski definition) is 2. The van der Waals surface area contributed by atoms with E-state index in [0.29, 0.717) is 18.1 Å². The topological polar surface area (TPSA) is 32.3 Å². The molecule has 1 fully saturated rings. The Morgan fingerprint density at radius 1 is 1.46 bits per heavy atom. The van der Waals surface area contributed by atoms with Crippen LogP contribution in [0.2, 0.25) is 5.02 Å². The van der Waals surface area contributed by atoms with Gasteiger partial charge in [-0.25, -0.2) is 0 Å². The van der Waals surface area contributed by atoms with Crippen molar-refractivity contribution in [2.24, 2.45) is 0 Å². The Balaban J connectivity index is 2.49. The lowest BCUT2D eigenvalue weighted by Crippen LogP contribution is -2.57. The molecule has 1 aliphatic heterocycles. The fourth-order valence-corrected chi connectivity index (χ4v) is 2.68. The van der Waals surface area contributed by atoms with Gasteiger partial charge in [0.05, 0.1) is 0 Å². The number of benzene rings is 1. The summed E-state index contributed by atoms with van der Waals surface area (Å²) < 4.78 is 0.865. The van der Waals surface area contributed by atoms with E-state index in [1.54, 1.807) is 6.07 Å². The van der Waals surface area contributed by atoms with E-state index in [-0.39, 0.29) is 0 Å². The van der Waals surface area contributed by atoms with Crippen LogP contribution in [0.15, 0.2) is 22.7 Å². The van der Waals surface area contributed by atoms with Gasteiger partial charge < -0.3 is 10.4 Å². The van der Waals surface area contributed by atoms with E-state index in [1.165, 1.54) is 0 Å². The molecule has 70 valence electrons. The Morgan fingerprint density at radius 2 is 2.15 bits per heavy atom. The predicted octanol–water partition coefficient (Wildman–Crippen LogP) is 1.89. The van der Waals surface area contributed by atoms with E-state index in [0.717, 1.165) is 10.0 Å². The molecule has 0 amide bonds. The molecule has 2 nitrogen and oxygen atoms in total. The number of halogens is 2. The summed E-state index contributed by atoms with van der Waals surface area (Å²) in [4.78, 5) is 0. The maximum atomic E-state index is 10.1. The van der Waals surface area contributed by atoms with E-state index in [4.69, 9.17) is 11.6 Å². The van der Waals surface area contributed by atoms with Crippen molar-refractivity contribution in [2.45, 2.75) is 5.60 Å². The molecular weight excluding hydrogens is 253 g/mol. The quantitative estimate of drug-likeness (QED) is 0.810. The predicted molar refractivity (Wildman–Crippen MR) is 55.9 cm³/mol. The molecule has 1 aliphatic rings. The Hall–Kier alpha value is -0.0900. The molecule has 1 aromatic rings. The molecule has 0 atom stereocenters. The monoisotopic (exact) mass is 261 g/mol. The molecule has 2 rings (SSSR count). The van der Waals surface area contributed by atoms with Crippen LogP contribution >= 0.6 is 27.5 Å². The van der Waals surface area contributed by atoms with Gasteiger partial charge in [-0.15, -0.1) is 0 Å². The number of rotatable bonds is 1. The average Bonchev–Trinajstić information content (AvgIpc) is 2.01. The minimum Gasteiger partial charge on any atom is -0.382 e. The molecule has 4 heteroatoms. The van der Waals surface area contributed by atoms with Crippen LogP contribution < -0.4 is 5.32 Å². The van der Waals surface area contributed by atoms with Gasteiger partial charge in [-0.3, -0.25) is 0 Å². The van der Waals surface area contributed by atoms with Crippen LogP contribution in [0.4, 0.5) is 0 Å². The molecule has 0 unspecified atom stereocenters. The zero-order valence-electron chi connectivity index (χ0n) is 6.85. The fourth-order valence-electron chi connectivity index (χ4n) is 1.48. The highest BCUT2D eigenvalue weighted by atomic mass is 79.9. The lowest BCUT2D eigenvalue weighted by atomic mass is 9.88. The summed E-state index contributed by atoms with van der Waals surface area (Å²) in [6.07, 6.45) is 0. The smallest absolute Gasteiger partial charge is 0.117 e. The molecule has 0 bridgehead atoms. The van der Waals surface area contributed by atoms with Gasteiger partial charge in [-0.2, -0.15) is 0 Å². The normalized spacial score (nSPS) is 19.6. The fraction of sp³-hybridized carbons (Fsp3) is 0.333. The minimum atomic E-state index is -0.794. The molecule has 1 aromatic carbocycles. The molecule has 2 N–H and O–H groups in total. The van der Waals surface area contributed by atoms with Gasteiger partial charge in [0.15, 0.2) is 0 Å². The Labute approximate surface area is 90.0 Å². The molecule has 0 aliphatic carbocycles. The largest absolute Gasteiger partial charge is 0.382 e. The van der Waals surface area contributed by atoms with Gasteiger partial charge in [0, 0.05) is 28.1 Å². The molecular formula is C9H9BrClNO. The highest BCUT2D eigenvalue weighted by molar-refractivity contribution is 9.10. The zero-order valence-corrected chi connectivity index (χ0v) is 9.19. The standard InChI is InChI=1S/C9H9BrClNO/c10-6-2-1-3-7(11)8(6)9(13)4-12-5-9/h1-3,12-13H,4-5H2. The number of β-amino-alcohol motifs (C(OH)–C–C–N with tert-alkyl or cyclic N) is 1. The van der Waals surface area contributed by atoms with Crippen molar-refractivity contribution >= 4 is 27.5 Å². The van der Waals surface area contributed by atoms with Crippen molar-refractivity contribution in [3.63, 3.8) is 0 Å². The average molecular weight is 263 g/mol. The Bertz CT molecular complexity index is 318. The second-order valence-electron chi connectivity index (χ2n) is 3.23. The second-order valence-corrected chi connectivity index (χ2v) is 4.49. The summed E-state index contributed by atoms with van der Waals surface area (Å²) in [6.45, 7) is 1.13. The first kappa shape index (κ1) is 9.46. The number of hydrogen-bond acceptors (Lipinski definition) is 2. The summed E-state index contributed by atoms with van der Waals surface area (Å²) in [5.74, 6) is 0. The first-order chi connectivity index (χ1) is 6.13. The lowest BCUT2D eigenvalue weighted by Gasteiger charge is -2.39. The maximum Gasteiger partial charge on any atom is 0.117 e. The number of nitrogens with one attached hydrogen (secondary N) is 1. The van der Waals surface area contributed by atoms with Gasteiger partial charge in [0.2, 0.25) is 0 Å². The summed E-state index contributed by atoms with van der Waals surface area (Å²) >= 11 is 9.39. The van der Waals surface area contributed by atoms with Gasteiger partial charge in [-0.1, -0.05) is 33.6 Å². The van der Waals surface area contributed by atoms with Crippen LogP contribution in [-0.4, -0.2) is 18.2 Å². The van der Waals surface area contributed by atoms with Crippen LogP contribution in [0.5, 0.6) is 0 Å². The maximum absolute atomic E-state index is 10.1. The van der Waals surface area contributed by atoms with E-state index in [2.05, 4.69) is 21.2 Å². The van der Waals surface area contributed by atoms with Crippen molar-refractivity contribution in [3.8, 4) is 0 Å². The summed E-state index contributed by atoms with van der Waals surface area (Å²) in [5, 5.41) is 13.7. The third kappa shape index (κ3) is 1.50. The first-order valence-corrected chi connectivity index (χ1v) is 5.18. The van der Waals surface area contributed by atoms with Crippen LogP contribution in [-0.2, 0) is 5.60 Å². The van der Waals surface area contributed by atoms with Gasteiger partial charge in [0.1, 0.15) is 5.60 Å². The van der Waals surface area contributed by atoms with Crippen molar-refractivity contribution < 1.29 is 5.11 Å². The highest BCUT2D eigenvalue weighted by Gasteiger charge is 2.39. The molecule has 0 radical (unpaired) electrons. The van der Waals surface area contributed by atoms with Crippen LogP contribution in [0.25, 0.3) is 0 Å². The van der Waals surface area contributed by atoms with Crippen LogP contribution in [0.3, 0.4) is 0 Å². The SMILES string of the molecule is OC1(c2c(Cl)cccc2Br)CNC1. The van der Waals surface area contributed by atoms with Crippen molar-refractivity contribution in [1.82, 2.24) is 5.32 Å². The van der Waals surface area contributed by atoms with E-state index in [1.807, 2.05) is 12.1 Å². The molecule has 1 saturated heterocycles.